The SMILES string of the molecule is COc1cc(C(CC=O)c2ccc(C)c(CO)c2)cc(N)c1N(C)N. The van der Waals surface area contributed by atoms with Gasteiger partial charge in [0.05, 0.1) is 19.4 Å². The molecule has 0 heterocycles. The van der Waals surface area contributed by atoms with Crippen molar-refractivity contribution in [2.45, 2.75) is 25.9 Å². The second kappa shape index (κ2) is 8.00. The van der Waals surface area contributed by atoms with E-state index in [-0.39, 0.29) is 12.5 Å². The van der Waals surface area contributed by atoms with E-state index in [1.54, 1.807) is 14.2 Å². The van der Waals surface area contributed by atoms with E-state index < -0.39 is 0 Å². The monoisotopic (exact) mass is 343 g/mol. The Labute approximate surface area is 148 Å². The average Bonchev–Trinajstić information content (AvgIpc) is 2.59. The number of hydrazine groups is 1. The Morgan fingerprint density at radius 1 is 1.28 bits per heavy atom. The Bertz CT molecular complexity index is 760. The number of nitrogens with two attached hydrogens (primary N) is 2. The van der Waals surface area contributed by atoms with E-state index in [1.165, 1.54) is 5.01 Å². The first-order valence-corrected chi connectivity index (χ1v) is 8.02. The van der Waals surface area contributed by atoms with Crippen LogP contribution in [0.15, 0.2) is 30.3 Å². The normalized spacial score (nSPS) is 11.9. The van der Waals surface area contributed by atoms with Crippen LogP contribution < -0.4 is 21.3 Å². The van der Waals surface area contributed by atoms with Gasteiger partial charge in [-0.05, 0) is 41.3 Å². The largest absolute Gasteiger partial charge is 0.494 e. The van der Waals surface area contributed by atoms with Gasteiger partial charge in [-0.25, -0.2) is 5.84 Å². The maximum Gasteiger partial charge on any atom is 0.145 e. The molecule has 0 aliphatic heterocycles. The Morgan fingerprint density at radius 3 is 2.56 bits per heavy atom. The molecule has 0 amide bonds. The van der Waals surface area contributed by atoms with Crippen LogP contribution in [0, 0.1) is 6.92 Å². The summed E-state index contributed by atoms with van der Waals surface area (Å²) in [6, 6.07) is 9.50. The minimum Gasteiger partial charge on any atom is -0.494 e. The lowest BCUT2D eigenvalue weighted by Crippen LogP contribution is -2.26. The van der Waals surface area contributed by atoms with Crippen LogP contribution in [0.4, 0.5) is 11.4 Å². The molecule has 0 radical (unpaired) electrons. The summed E-state index contributed by atoms with van der Waals surface area (Å²) in [5, 5.41) is 10.9. The van der Waals surface area contributed by atoms with Crippen molar-refractivity contribution in [3.05, 3.63) is 52.6 Å². The number of hydrogen-bond acceptors (Lipinski definition) is 6. The van der Waals surface area contributed by atoms with Crippen LogP contribution in [0.1, 0.15) is 34.6 Å². The average molecular weight is 343 g/mol. The molecule has 0 aliphatic carbocycles. The summed E-state index contributed by atoms with van der Waals surface area (Å²) in [4.78, 5) is 11.3. The second-order valence-corrected chi connectivity index (χ2v) is 6.07. The van der Waals surface area contributed by atoms with Gasteiger partial charge in [0.1, 0.15) is 17.7 Å². The Morgan fingerprint density at radius 2 is 2.00 bits per heavy atom. The van der Waals surface area contributed by atoms with Crippen molar-refractivity contribution < 1.29 is 14.6 Å². The molecule has 2 rings (SSSR count). The second-order valence-electron chi connectivity index (χ2n) is 6.07. The van der Waals surface area contributed by atoms with Crippen LogP contribution in [0.3, 0.4) is 0 Å². The summed E-state index contributed by atoms with van der Waals surface area (Å²) in [5.74, 6) is 6.19. The molecule has 2 aromatic carbocycles. The number of aryl methyl sites for hydroxylation is 1. The third-order valence-corrected chi connectivity index (χ3v) is 4.38. The van der Waals surface area contributed by atoms with Gasteiger partial charge in [-0.1, -0.05) is 18.2 Å². The molecule has 2 aromatic rings. The standard InChI is InChI=1S/C19H25N3O3/c1-12-4-5-13(8-15(12)11-24)16(6-7-23)14-9-17(20)19(22(2)21)18(10-14)25-3/h4-5,7-10,16,24H,6,11,20-21H2,1-3H3. The lowest BCUT2D eigenvalue weighted by atomic mass is 9.86. The number of nitrogen functional groups attached to an aromatic ring is 1. The highest BCUT2D eigenvalue weighted by atomic mass is 16.5. The Kier molecular flexibility index (Phi) is 6.01. The summed E-state index contributed by atoms with van der Waals surface area (Å²) in [7, 11) is 3.24. The maximum absolute atomic E-state index is 11.3. The molecule has 0 aliphatic rings. The van der Waals surface area contributed by atoms with Crippen molar-refractivity contribution >= 4 is 17.7 Å². The molecule has 6 heteroatoms. The first-order chi connectivity index (χ1) is 11.9. The molecule has 25 heavy (non-hydrogen) atoms. The minimum absolute atomic E-state index is 0.0458. The molecule has 0 spiro atoms. The predicted molar refractivity (Wildman–Crippen MR) is 99.6 cm³/mol. The predicted octanol–water partition coefficient (Wildman–Crippen LogP) is 2.11. The number of benzene rings is 2. The molecule has 1 atom stereocenters. The number of aliphatic hydroxyl groups excluding tert-OH is 1. The molecule has 6 nitrogen and oxygen atoms in total. The zero-order valence-corrected chi connectivity index (χ0v) is 14.8. The zero-order valence-electron chi connectivity index (χ0n) is 14.8. The lowest BCUT2D eigenvalue weighted by Gasteiger charge is -2.23. The number of aldehydes is 1. The van der Waals surface area contributed by atoms with Gasteiger partial charge >= 0.3 is 0 Å². The Hall–Kier alpha value is -2.57. The Balaban J connectivity index is 2.58. The van der Waals surface area contributed by atoms with Crippen molar-refractivity contribution in [3.8, 4) is 5.75 Å². The highest BCUT2D eigenvalue weighted by Crippen LogP contribution is 2.39. The number of carbonyl (C=O) groups excluding carboxylic acids is 1. The van der Waals surface area contributed by atoms with Crippen molar-refractivity contribution in [1.29, 1.82) is 0 Å². The van der Waals surface area contributed by atoms with Gasteiger partial charge in [0.2, 0.25) is 0 Å². The number of methoxy groups -OCH3 is 1. The summed E-state index contributed by atoms with van der Waals surface area (Å²) in [6.45, 7) is 1.90. The van der Waals surface area contributed by atoms with Crippen molar-refractivity contribution in [3.63, 3.8) is 0 Å². The number of nitrogens with zero attached hydrogens (tertiary/aromatic N) is 1. The quantitative estimate of drug-likeness (QED) is 0.308. The summed E-state index contributed by atoms with van der Waals surface area (Å²) in [6.07, 6.45) is 1.18. The van der Waals surface area contributed by atoms with Crippen LogP contribution in [0.2, 0.25) is 0 Å². The van der Waals surface area contributed by atoms with Gasteiger partial charge in [-0.3, -0.25) is 0 Å². The number of carbonyl (C=O) groups is 1. The van der Waals surface area contributed by atoms with Crippen LogP contribution >= 0.6 is 0 Å². The van der Waals surface area contributed by atoms with Crippen molar-refractivity contribution in [1.82, 2.24) is 0 Å². The topological polar surface area (TPSA) is 102 Å². The third kappa shape index (κ3) is 3.92. The van der Waals surface area contributed by atoms with E-state index in [4.69, 9.17) is 16.3 Å². The molecule has 0 saturated heterocycles. The number of rotatable bonds is 7. The number of aliphatic hydroxyl groups is 1. The molecular formula is C19H25N3O3. The third-order valence-electron chi connectivity index (χ3n) is 4.38. The molecule has 0 fully saturated rings. The van der Waals surface area contributed by atoms with E-state index in [1.807, 2.05) is 37.3 Å². The van der Waals surface area contributed by atoms with Crippen LogP contribution in [0.25, 0.3) is 0 Å². The van der Waals surface area contributed by atoms with Gasteiger partial charge in [0.15, 0.2) is 0 Å². The van der Waals surface area contributed by atoms with E-state index >= 15 is 0 Å². The fourth-order valence-corrected chi connectivity index (χ4v) is 3.03. The molecule has 0 aromatic heterocycles. The maximum atomic E-state index is 11.3. The lowest BCUT2D eigenvalue weighted by molar-refractivity contribution is -0.108. The number of hydrogen-bond donors (Lipinski definition) is 3. The molecule has 5 N–H and O–H groups in total. The number of anilines is 2. The highest BCUT2D eigenvalue weighted by Gasteiger charge is 2.20. The summed E-state index contributed by atoms with van der Waals surface area (Å²) in [5.41, 5.74) is 10.9. The molecule has 1 unspecified atom stereocenters. The van der Waals surface area contributed by atoms with E-state index in [2.05, 4.69) is 0 Å². The van der Waals surface area contributed by atoms with E-state index in [0.29, 0.717) is 23.5 Å². The van der Waals surface area contributed by atoms with Crippen molar-refractivity contribution in [2.24, 2.45) is 5.84 Å². The van der Waals surface area contributed by atoms with Crippen LogP contribution in [-0.4, -0.2) is 25.6 Å². The molecular weight excluding hydrogens is 318 g/mol. The summed E-state index contributed by atoms with van der Waals surface area (Å²) < 4.78 is 5.43. The van der Waals surface area contributed by atoms with Crippen LogP contribution in [0.5, 0.6) is 5.75 Å². The minimum atomic E-state index is -0.184. The zero-order chi connectivity index (χ0) is 18.6. The molecule has 134 valence electrons. The van der Waals surface area contributed by atoms with Gasteiger partial charge in [-0.15, -0.1) is 0 Å². The van der Waals surface area contributed by atoms with Crippen LogP contribution in [-0.2, 0) is 11.4 Å². The molecule has 0 saturated carbocycles. The van der Waals surface area contributed by atoms with Gasteiger partial charge in [0, 0.05) is 19.4 Å². The first kappa shape index (κ1) is 18.8. The fourth-order valence-electron chi connectivity index (χ4n) is 3.03. The van der Waals surface area contributed by atoms with Crippen molar-refractivity contribution in [2.75, 3.05) is 24.9 Å². The van der Waals surface area contributed by atoms with Gasteiger partial charge in [-0.2, -0.15) is 0 Å². The highest BCUT2D eigenvalue weighted by molar-refractivity contribution is 5.76. The smallest absolute Gasteiger partial charge is 0.145 e. The number of ether oxygens (including phenoxy) is 1. The fraction of sp³-hybridized carbons (Fsp3) is 0.316. The van der Waals surface area contributed by atoms with E-state index in [9.17, 15) is 9.90 Å². The molecule has 0 bridgehead atoms. The van der Waals surface area contributed by atoms with Gasteiger partial charge in [0.25, 0.3) is 0 Å². The first-order valence-electron chi connectivity index (χ1n) is 8.02. The van der Waals surface area contributed by atoms with Gasteiger partial charge < -0.3 is 25.4 Å². The summed E-state index contributed by atoms with van der Waals surface area (Å²) >= 11 is 0. The van der Waals surface area contributed by atoms with E-state index in [0.717, 1.165) is 28.5 Å².